The molecule has 0 aromatic rings. The molecule has 24 heavy (non-hydrogen) atoms. The van der Waals surface area contributed by atoms with Crippen molar-refractivity contribution in [1.82, 2.24) is 14.7 Å². The summed E-state index contributed by atoms with van der Waals surface area (Å²) in [5, 5.41) is 0. The molecule has 2 heterocycles. The Bertz CT molecular complexity index is 413. The van der Waals surface area contributed by atoms with Crippen molar-refractivity contribution in [3.8, 4) is 0 Å². The minimum absolute atomic E-state index is 0.619. The molecule has 0 N–H and O–H groups in total. The van der Waals surface area contributed by atoms with E-state index in [-0.39, 0.29) is 0 Å². The van der Waals surface area contributed by atoms with Crippen LogP contribution in [0.4, 0.5) is 0 Å². The van der Waals surface area contributed by atoms with Crippen LogP contribution in [0, 0.1) is 5.92 Å². The van der Waals surface area contributed by atoms with Gasteiger partial charge in [0.1, 0.15) is 0 Å². The van der Waals surface area contributed by atoms with Gasteiger partial charge in [-0.05, 0) is 12.3 Å². The van der Waals surface area contributed by atoms with Crippen molar-refractivity contribution < 1.29 is 9.47 Å². The van der Waals surface area contributed by atoms with E-state index in [1.165, 1.54) is 26.1 Å². The maximum absolute atomic E-state index is 5.52. The molecule has 5 nitrogen and oxygen atoms in total. The fourth-order valence-corrected chi connectivity index (χ4v) is 3.99. The first-order chi connectivity index (χ1) is 11.9. The van der Waals surface area contributed by atoms with E-state index < -0.39 is 0 Å². The van der Waals surface area contributed by atoms with E-state index in [0.717, 1.165) is 52.5 Å². The molecule has 2 atom stereocenters. The molecule has 0 aromatic carbocycles. The molecule has 2 unspecified atom stereocenters. The van der Waals surface area contributed by atoms with Gasteiger partial charge in [-0.15, -0.1) is 0 Å². The SMILES string of the molecule is COCCN1CCN(C(CN2CCOCC2)C2C=CC=CC2)CC1. The van der Waals surface area contributed by atoms with Crippen LogP contribution in [0.3, 0.4) is 0 Å². The molecule has 0 saturated carbocycles. The monoisotopic (exact) mass is 335 g/mol. The summed E-state index contributed by atoms with van der Waals surface area (Å²) in [4.78, 5) is 7.85. The van der Waals surface area contributed by atoms with Gasteiger partial charge in [0.05, 0.1) is 19.8 Å². The van der Waals surface area contributed by atoms with Gasteiger partial charge in [-0.1, -0.05) is 24.3 Å². The van der Waals surface area contributed by atoms with Gasteiger partial charge >= 0.3 is 0 Å². The zero-order chi connectivity index (χ0) is 16.6. The average molecular weight is 335 g/mol. The second-order valence-electron chi connectivity index (χ2n) is 7.06. The van der Waals surface area contributed by atoms with Crippen LogP contribution in [0.15, 0.2) is 24.3 Å². The zero-order valence-electron chi connectivity index (χ0n) is 15.1. The van der Waals surface area contributed by atoms with Crippen LogP contribution in [0.25, 0.3) is 0 Å². The number of hydrogen-bond acceptors (Lipinski definition) is 5. The van der Waals surface area contributed by atoms with Crippen LogP contribution in [-0.4, -0.2) is 100 Å². The predicted molar refractivity (Wildman–Crippen MR) is 97.3 cm³/mol. The van der Waals surface area contributed by atoms with E-state index in [2.05, 4.69) is 39.0 Å². The highest BCUT2D eigenvalue weighted by atomic mass is 16.5. The van der Waals surface area contributed by atoms with Crippen LogP contribution in [0.2, 0.25) is 0 Å². The molecular weight excluding hydrogens is 302 g/mol. The summed E-state index contributed by atoms with van der Waals surface area (Å²) >= 11 is 0. The first-order valence-corrected chi connectivity index (χ1v) is 9.45. The van der Waals surface area contributed by atoms with Crippen molar-refractivity contribution in [2.75, 3.05) is 79.3 Å². The molecule has 1 aliphatic carbocycles. The van der Waals surface area contributed by atoms with Crippen molar-refractivity contribution in [3.63, 3.8) is 0 Å². The van der Waals surface area contributed by atoms with E-state index in [0.29, 0.717) is 12.0 Å². The number of piperazine rings is 1. The molecule has 0 bridgehead atoms. The Morgan fingerprint density at radius 3 is 2.50 bits per heavy atom. The molecule has 136 valence electrons. The minimum Gasteiger partial charge on any atom is -0.383 e. The lowest BCUT2D eigenvalue weighted by molar-refractivity contribution is 0.00514. The maximum atomic E-state index is 5.52. The molecule has 2 saturated heterocycles. The summed E-state index contributed by atoms with van der Waals surface area (Å²) < 4.78 is 10.7. The number of hydrogen-bond donors (Lipinski definition) is 0. The molecule has 3 aliphatic rings. The Morgan fingerprint density at radius 1 is 1.04 bits per heavy atom. The van der Waals surface area contributed by atoms with Crippen molar-refractivity contribution in [1.29, 1.82) is 0 Å². The van der Waals surface area contributed by atoms with Gasteiger partial charge < -0.3 is 9.47 Å². The number of nitrogens with zero attached hydrogens (tertiary/aromatic N) is 3. The van der Waals surface area contributed by atoms with Gasteiger partial charge in [0.15, 0.2) is 0 Å². The van der Waals surface area contributed by atoms with Crippen LogP contribution in [-0.2, 0) is 9.47 Å². The number of allylic oxidation sites excluding steroid dienone is 3. The van der Waals surface area contributed by atoms with E-state index in [9.17, 15) is 0 Å². The third-order valence-electron chi connectivity index (χ3n) is 5.54. The van der Waals surface area contributed by atoms with Gasteiger partial charge in [-0.25, -0.2) is 0 Å². The molecule has 0 radical (unpaired) electrons. The van der Waals surface area contributed by atoms with Crippen LogP contribution < -0.4 is 0 Å². The normalized spacial score (nSPS) is 28.3. The lowest BCUT2D eigenvalue weighted by Gasteiger charge is -2.44. The van der Waals surface area contributed by atoms with Crippen LogP contribution in [0.1, 0.15) is 6.42 Å². The highest BCUT2D eigenvalue weighted by molar-refractivity contribution is 5.13. The lowest BCUT2D eigenvalue weighted by atomic mass is 9.90. The Kier molecular flexibility index (Phi) is 7.30. The summed E-state index contributed by atoms with van der Waals surface area (Å²) in [7, 11) is 1.79. The molecule has 5 heteroatoms. The Hall–Kier alpha value is -0.720. The Morgan fingerprint density at radius 2 is 1.83 bits per heavy atom. The quantitative estimate of drug-likeness (QED) is 0.694. The second kappa shape index (κ2) is 9.68. The third kappa shape index (κ3) is 5.14. The van der Waals surface area contributed by atoms with Crippen LogP contribution >= 0.6 is 0 Å². The van der Waals surface area contributed by atoms with Gasteiger partial charge in [-0.3, -0.25) is 14.7 Å². The number of rotatable bonds is 7. The summed E-state index contributed by atoms with van der Waals surface area (Å²) in [6.07, 6.45) is 10.3. The first kappa shape index (κ1) is 18.1. The van der Waals surface area contributed by atoms with E-state index in [4.69, 9.17) is 9.47 Å². The number of morpholine rings is 1. The second-order valence-corrected chi connectivity index (χ2v) is 7.06. The molecule has 2 aliphatic heterocycles. The number of ether oxygens (including phenoxy) is 2. The zero-order valence-corrected chi connectivity index (χ0v) is 15.1. The highest BCUT2D eigenvalue weighted by Crippen LogP contribution is 2.23. The smallest absolute Gasteiger partial charge is 0.0594 e. The molecule has 0 spiro atoms. The standard InChI is InChI=1S/C19H33N3O2/c1-23-14-11-20-7-9-22(10-8-20)19(18-5-3-2-4-6-18)17-21-12-15-24-16-13-21/h2-5,18-19H,6-17H2,1H3. The van der Waals surface area contributed by atoms with Crippen LogP contribution in [0.5, 0.6) is 0 Å². The molecule has 2 fully saturated rings. The highest BCUT2D eigenvalue weighted by Gasteiger charge is 2.30. The third-order valence-corrected chi connectivity index (χ3v) is 5.54. The molecule has 3 rings (SSSR count). The molecule has 0 aromatic heterocycles. The Labute approximate surface area is 146 Å². The van der Waals surface area contributed by atoms with Gasteiger partial charge in [0.25, 0.3) is 0 Å². The number of methoxy groups -OCH3 is 1. The van der Waals surface area contributed by atoms with Gasteiger partial charge in [-0.2, -0.15) is 0 Å². The molecular formula is C19H33N3O2. The van der Waals surface area contributed by atoms with Crippen molar-refractivity contribution in [3.05, 3.63) is 24.3 Å². The largest absolute Gasteiger partial charge is 0.383 e. The fraction of sp³-hybridized carbons (Fsp3) is 0.789. The summed E-state index contributed by atoms with van der Waals surface area (Å²) in [5.74, 6) is 0.642. The van der Waals surface area contributed by atoms with E-state index >= 15 is 0 Å². The predicted octanol–water partition coefficient (Wildman–Crippen LogP) is 1.08. The maximum Gasteiger partial charge on any atom is 0.0594 e. The first-order valence-electron chi connectivity index (χ1n) is 9.45. The lowest BCUT2D eigenvalue weighted by Crippen LogP contribution is -2.56. The van der Waals surface area contributed by atoms with Crippen molar-refractivity contribution in [2.24, 2.45) is 5.92 Å². The Balaban J connectivity index is 1.57. The van der Waals surface area contributed by atoms with Gasteiger partial charge in [0, 0.05) is 65.5 Å². The minimum atomic E-state index is 0.619. The topological polar surface area (TPSA) is 28.2 Å². The van der Waals surface area contributed by atoms with Crippen molar-refractivity contribution >= 4 is 0 Å². The summed E-state index contributed by atoms with van der Waals surface area (Å²) in [6.45, 7) is 11.7. The van der Waals surface area contributed by atoms with E-state index in [1.807, 2.05) is 0 Å². The summed E-state index contributed by atoms with van der Waals surface area (Å²) in [5.41, 5.74) is 0. The van der Waals surface area contributed by atoms with Crippen molar-refractivity contribution in [2.45, 2.75) is 12.5 Å². The fourth-order valence-electron chi connectivity index (χ4n) is 3.99. The molecule has 0 amide bonds. The summed E-state index contributed by atoms with van der Waals surface area (Å²) in [6, 6.07) is 0.619. The van der Waals surface area contributed by atoms with E-state index in [1.54, 1.807) is 7.11 Å². The average Bonchev–Trinajstić information content (AvgIpc) is 2.66. The van der Waals surface area contributed by atoms with Gasteiger partial charge in [0.2, 0.25) is 0 Å².